The Kier molecular flexibility index (Phi) is 6.20. The molecular formula is C16H27NO. The zero-order valence-electron chi connectivity index (χ0n) is 12.4. The average molecular weight is 249 g/mol. The normalized spacial score (nSPS) is 13.1. The molecule has 0 aliphatic rings. The van der Waals surface area contributed by atoms with Crippen molar-refractivity contribution in [1.82, 2.24) is 5.32 Å². The van der Waals surface area contributed by atoms with Crippen LogP contribution in [0.1, 0.15) is 52.5 Å². The first-order chi connectivity index (χ1) is 8.50. The smallest absolute Gasteiger partial charge is 0.123 e. The van der Waals surface area contributed by atoms with Crippen molar-refractivity contribution in [1.29, 1.82) is 0 Å². The van der Waals surface area contributed by atoms with E-state index in [1.165, 1.54) is 5.56 Å². The van der Waals surface area contributed by atoms with Crippen molar-refractivity contribution in [3.8, 4) is 5.75 Å². The van der Waals surface area contributed by atoms with E-state index in [1.54, 1.807) is 0 Å². The lowest BCUT2D eigenvalue weighted by Gasteiger charge is -2.19. The molecule has 18 heavy (non-hydrogen) atoms. The Morgan fingerprint density at radius 3 is 2.33 bits per heavy atom. The minimum Gasteiger partial charge on any atom is -0.491 e. The number of para-hydroxylation sites is 1. The molecule has 0 saturated carbocycles. The van der Waals surface area contributed by atoms with Gasteiger partial charge in [0.2, 0.25) is 0 Å². The van der Waals surface area contributed by atoms with Crippen molar-refractivity contribution >= 4 is 0 Å². The molecule has 1 aromatic rings. The number of ether oxygens (including phenoxy) is 1. The summed E-state index contributed by atoms with van der Waals surface area (Å²) in [6.07, 6.45) is 1.36. The SMILES string of the molecule is CC(C)NCCC(C)c1ccccc1OC(C)C. The molecule has 0 aliphatic heterocycles. The van der Waals surface area contributed by atoms with Crippen molar-refractivity contribution < 1.29 is 4.74 Å². The average Bonchev–Trinajstić information content (AvgIpc) is 2.28. The maximum atomic E-state index is 5.87. The molecule has 0 saturated heterocycles. The second kappa shape index (κ2) is 7.42. The van der Waals surface area contributed by atoms with Crippen LogP contribution >= 0.6 is 0 Å². The van der Waals surface area contributed by atoms with Crippen LogP contribution in [0.25, 0.3) is 0 Å². The van der Waals surface area contributed by atoms with Gasteiger partial charge in [0.15, 0.2) is 0 Å². The lowest BCUT2D eigenvalue weighted by Crippen LogP contribution is -2.24. The van der Waals surface area contributed by atoms with Gasteiger partial charge in [-0.15, -0.1) is 0 Å². The van der Waals surface area contributed by atoms with Gasteiger partial charge >= 0.3 is 0 Å². The van der Waals surface area contributed by atoms with Gasteiger partial charge in [-0.1, -0.05) is 39.0 Å². The molecule has 0 spiro atoms. The monoisotopic (exact) mass is 249 g/mol. The van der Waals surface area contributed by atoms with Crippen molar-refractivity contribution in [3.05, 3.63) is 29.8 Å². The van der Waals surface area contributed by atoms with Gasteiger partial charge in [-0.05, 0) is 44.4 Å². The Labute approximate surface area is 112 Å². The van der Waals surface area contributed by atoms with Crippen molar-refractivity contribution in [2.75, 3.05) is 6.54 Å². The van der Waals surface area contributed by atoms with Gasteiger partial charge in [-0.3, -0.25) is 0 Å². The molecule has 1 atom stereocenters. The molecule has 1 N–H and O–H groups in total. The molecule has 0 bridgehead atoms. The standard InChI is InChI=1S/C16H27NO/c1-12(2)17-11-10-14(5)15-8-6-7-9-16(15)18-13(3)4/h6-9,12-14,17H,10-11H2,1-5H3. The predicted octanol–water partition coefficient (Wildman–Crippen LogP) is 3.97. The van der Waals surface area contributed by atoms with Crippen LogP contribution in [0.15, 0.2) is 24.3 Å². The minimum absolute atomic E-state index is 0.229. The highest BCUT2D eigenvalue weighted by atomic mass is 16.5. The van der Waals surface area contributed by atoms with E-state index in [4.69, 9.17) is 4.74 Å². The zero-order valence-corrected chi connectivity index (χ0v) is 12.4. The summed E-state index contributed by atoms with van der Waals surface area (Å²) >= 11 is 0. The van der Waals surface area contributed by atoms with Gasteiger partial charge in [0, 0.05) is 6.04 Å². The van der Waals surface area contributed by atoms with Gasteiger partial charge in [0.05, 0.1) is 6.10 Å². The van der Waals surface area contributed by atoms with Crippen LogP contribution < -0.4 is 10.1 Å². The second-order valence-corrected chi connectivity index (χ2v) is 5.50. The van der Waals surface area contributed by atoms with Gasteiger partial charge < -0.3 is 10.1 Å². The van der Waals surface area contributed by atoms with Crippen LogP contribution in [0, 0.1) is 0 Å². The van der Waals surface area contributed by atoms with Gasteiger partial charge in [-0.2, -0.15) is 0 Å². The molecule has 0 aromatic heterocycles. The summed E-state index contributed by atoms with van der Waals surface area (Å²) in [6, 6.07) is 8.94. The number of nitrogens with one attached hydrogen (secondary N) is 1. The summed E-state index contributed by atoms with van der Waals surface area (Å²) in [7, 11) is 0. The Morgan fingerprint density at radius 2 is 1.72 bits per heavy atom. The minimum atomic E-state index is 0.229. The Bertz CT molecular complexity index is 347. The van der Waals surface area contributed by atoms with Crippen molar-refractivity contribution in [3.63, 3.8) is 0 Å². The van der Waals surface area contributed by atoms with E-state index in [0.29, 0.717) is 12.0 Å². The summed E-state index contributed by atoms with van der Waals surface area (Å²) in [4.78, 5) is 0. The Hall–Kier alpha value is -1.02. The van der Waals surface area contributed by atoms with Crippen LogP contribution in [0.3, 0.4) is 0 Å². The highest BCUT2D eigenvalue weighted by molar-refractivity contribution is 5.36. The molecule has 0 aliphatic carbocycles. The van der Waals surface area contributed by atoms with E-state index in [-0.39, 0.29) is 6.10 Å². The van der Waals surface area contributed by atoms with Crippen LogP contribution in [0.5, 0.6) is 5.75 Å². The molecule has 0 radical (unpaired) electrons. The molecule has 2 nitrogen and oxygen atoms in total. The third-order valence-electron chi connectivity index (χ3n) is 2.94. The van der Waals surface area contributed by atoms with E-state index < -0.39 is 0 Å². The van der Waals surface area contributed by atoms with Gasteiger partial charge in [-0.25, -0.2) is 0 Å². The Balaban J connectivity index is 2.63. The predicted molar refractivity (Wildman–Crippen MR) is 78.4 cm³/mol. The molecule has 1 unspecified atom stereocenters. The largest absolute Gasteiger partial charge is 0.491 e. The highest BCUT2D eigenvalue weighted by Gasteiger charge is 2.12. The molecular weight excluding hydrogens is 222 g/mol. The fourth-order valence-electron chi connectivity index (χ4n) is 1.99. The second-order valence-electron chi connectivity index (χ2n) is 5.50. The zero-order chi connectivity index (χ0) is 13.5. The molecule has 1 aromatic carbocycles. The summed E-state index contributed by atoms with van der Waals surface area (Å²) in [5, 5.41) is 3.47. The van der Waals surface area contributed by atoms with Crippen LogP contribution in [0.4, 0.5) is 0 Å². The maximum absolute atomic E-state index is 5.87. The summed E-state index contributed by atoms with van der Waals surface area (Å²) < 4.78 is 5.87. The number of hydrogen-bond acceptors (Lipinski definition) is 2. The lowest BCUT2D eigenvalue weighted by atomic mass is 9.96. The fourth-order valence-corrected chi connectivity index (χ4v) is 1.99. The molecule has 0 amide bonds. The lowest BCUT2D eigenvalue weighted by molar-refractivity contribution is 0.238. The van der Waals surface area contributed by atoms with E-state index >= 15 is 0 Å². The molecule has 2 heteroatoms. The number of rotatable bonds is 7. The van der Waals surface area contributed by atoms with E-state index in [2.05, 4.69) is 58.1 Å². The van der Waals surface area contributed by atoms with Crippen LogP contribution in [-0.2, 0) is 0 Å². The first-order valence-corrected chi connectivity index (χ1v) is 6.99. The summed E-state index contributed by atoms with van der Waals surface area (Å²) in [5.74, 6) is 1.55. The fraction of sp³-hybridized carbons (Fsp3) is 0.625. The molecule has 0 heterocycles. The molecule has 0 fully saturated rings. The first-order valence-electron chi connectivity index (χ1n) is 6.99. The molecule has 1 rings (SSSR count). The van der Waals surface area contributed by atoms with Crippen LogP contribution in [-0.4, -0.2) is 18.7 Å². The Morgan fingerprint density at radius 1 is 1.06 bits per heavy atom. The first kappa shape index (κ1) is 15.0. The highest BCUT2D eigenvalue weighted by Crippen LogP contribution is 2.29. The molecule has 102 valence electrons. The van der Waals surface area contributed by atoms with Crippen molar-refractivity contribution in [2.45, 2.75) is 59.1 Å². The summed E-state index contributed by atoms with van der Waals surface area (Å²) in [6.45, 7) is 11.8. The van der Waals surface area contributed by atoms with E-state index in [9.17, 15) is 0 Å². The van der Waals surface area contributed by atoms with E-state index in [0.717, 1.165) is 18.7 Å². The number of hydrogen-bond donors (Lipinski definition) is 1. The summed E-state index contributed by atoms with van der Waals surface area (Å²) in [5.41, 5.74) is 1.32. The number of benzene rings is 1. The van der Waals surface area contributed by atoms with Gasteiger partial charge in [0.1, 0.15) is 5.75 Å². The maximum Gasteiger partial charge on any atom is 0.123 e. The van der Waals surface area contributed by atoms with E-state index in [1.807, 2.05) is 6.07 Å². The topological polar surface area (TPSA) is 21.3 Å². The van der Waals surface area contributed by atoms with Crippen LogP contribution in [0.2, 0.25) is 0 Å². The third-order valence-corrected chi connectivity index (χ3v) is 2.94. The third kappa shape index (κ3) is 5.09. The quantitative estimate of drug-likeness (QED) is 0.789. The van der Waals surface area contributed by atoms with Crippen molar-refractivity contribution in [2.24, 2.45) is 0 Å². The van der Waals surface area contributed by atoms with Gasteiger partial charge in [0.25, 0.3) is 0 Å².